The van der Waals surface area contributed by atoms with Crippen molar-refractivity contribution in [2.75, 3.05) is 87.7 Å². The zero-order chi connectivity index (χ0) is 46.2. The molecule has 3 heterocycles. The first-order chi connectivity index (χ1) is 31.9. The SMILES string of the molecule is Cc1c(C(=O)NCCCN2CCN(C)CC2)c(-c2cccc(N3CCN(c4ccc(NNC5C=C(SC(F)(F)F)C(NSc6ccccc6)CC5)cc4)CC3)c2)c(-c2ccc(F)cc2)n1C. The molecule has 0 bridgehead atoms. The van der Waals surface area contributed by atoms with E-state index >= 15 is 0 Å². The van der Waals surface area contributed by atoms with Gasteiger partial charge < -0.3 is 34.9 Å². The van der Waals surface area contributed by atoms with Crippen molar-refractivity contribution >= 4 is 46.7 Å². The second kappa shape index (κ2) is 21.8. The molecular weight excluding hydrogens is 883 g/mol. The molecule has 2 atom stereocenters. The van der Waals surface area contributed by atoms with Gasteiger partial charge >= 0.3 is 5.51 Å². The number of halogens is 4. The van der Waals surface area contributed by atoms with Crippen molar-refractivity contribution in [1.29, 1.82) is 0 Å². The van der Waals surface area contributed by atoms with Crippen LogP contribution in [0, 0.1) is 12.7 Å². The monoisotopic (exact) mass is 941 g/mol. The first-order valence-corrected chi connectivity index (χ1v) is 24.3. The van der Waals surface area contributed by atoms with Gasteiger partial charge in [-0.2, -0.15) is 13.2 Å². The number of alkyl halides is 3. The van der Waals surface area contributed by atoms with Gasteiger partial charge in [0.05, 0.1) is 11.3 Å². The number of rotatable bonds is 16. The van der Waals surface area contributed by atoms with Crippen LogP contribution in [0.2, 0.25) is 0 Å². The smallest absolute Gasteiger partial charge is 0.368 e. The number of hydrazine groups is 1. The lowest BCUT2D eigenvalue weighted by atomic mass is 9.95. The van der Waals surface area contributed by atoms with Gasteiger partial charge in [0.25, 0.3) is 5.91 Å². The number of nitrogens with one attached hydrogen (secondary N) is 4. The number of anilines is 3. The molecule has 0 spiro atoms. The summed E-state index contributed by atoms with van der Waals surface area (Å²) >= 11 is 1.30. The molecular formula is C50H59F4N9OS2. The molecule has 8 rings (SSSR count). The minimum atomic E-state index is -4.38. The van der Waals surface area contributed by atoms with Crippen molar-refractivity contribution in [3.05, 3.63) is 131 Å². The highest BCUT2D eigenvalue weighted by atomic mass is 32.2. The van der Waals surface area contributed by atoms with Crippen LogP contribution >= 0.6 is 23.7 Å². The van der Waals surface area contributed by atoms with Crippen LogP contribution in [0.1, 0.15) is 35.3 Å². The second-order valence-corrected chi connectivity index (χ2v) is 19.3. The zero-order valence-corrected chi connectivity index (χ0v) is 39.3. The van der Waals surface area contributed by atoms with Crippen LogP contribution in [-0.2, 0) is 7.05 Å². The number of nitrogens with zero attached hydrogens (tertiary/aromatic N) is 5. The van der Waals surface area contributed by atoms with Crippen LogP contribution < -0.4 is 30.7 Å². The highest BCUT2D eigenvalue weighted by molar-refractivity contribution is 8.04. The van der Waals surface area contributed by atoms with E-state index in [9.17, 15) is 22.4 Å². The minimum Gasteiger partial charge on any atom is -0.368 e. The van der Waals surface area contributed by atoms with Crippen molar-refractivity contribution in [2.45, 2.75) is 48.7 Å². The lowest BCUT2D eigenvalue weighted by molar-refractivity contribution is -0.0323. The molecule has 4 aromatic carbocycles. The molecule has 1 aromatic heterocycles. The summed E-state index contributed by atoms with van der Waals surface area (Å²) in [4.78, 5) is 24.9. The van der Waals surface area contributed by atoms with Crippen molar-refractivity contribution in [3.63, 3.8) is 0 Å². The lowest BCUT2D eigenvalue weighted by Crippen LogP contribution is -2.46. The summed E-state index contributed by atoms with van der Waals surface area (Å²) in [6.07, 6.45) is 3.77. The summed E-state index contributed by atoms with van der Waals surface area (Å²) < 4.78 is 60.2. The fraction of sp³-hybridized carbons (Fsp3) is 0.380. The van der Waals surface area contributed by atoms with Crippen LogP contribution in [0.15, 0.2) is 119 Å². The molecule has 1 aliphatic carbocycles. The van der Waals surface area contributed by atoms with Gasteiger partial charge in [-0.15, -0.1) is 0 Å². The predicted octanol–water partition coefficient (Wildman–Crippen LogP) is 9.38. The Morgan fingerprint density at radius 3 is 2.17 bits per heavy atom. The maximum Gasteiger partial charge on any atom is 0.446 e. The second-order valence-electron chi connectivity index (χ2n) is 17.2. The van der Waals surface area contributed by atoms with E-state index in [1.807, 2.05) is 67.1 Å². The Morgan fingerprint density at radius 1 is 0.773 bits per heavy atom. The van der Waals surface area contributed by atoms with Crippen LogP contribution in [-0.4, -0.2) is 110 Å². The maximum absolute atomic E-state index is 14.2. The number of amides is 1. The number of benzene rings is 4. The standard InChI is InChI=1S/C50H59F4N9OS2/c1-35-46(49(64)55-23-8-24-61-27-25-59(2)26-28-61)47(48(60(35)3)36-13-15-38(51)16-14-36)37-9-7-10-42(33-37)63-31-29-62(30-32-63)41-20-17-39(18-21-41)56-57-40-19-22-44(45(34-40)65-50(52,53)54)58-66-43-11-5-4-6-12-43/h4-7,9-18,20-21,33-34,40,44,56-58H,8,19,22-32H2,1-3H3,(H,55,64). The molecule has 350 valence electrons. The summed E-state index contributed by atoms with van der Waals surface area (Å²) in [5, 5.41) is 3.23. The number of carbonyl (C=O) groups is 1. The third-order valence-corrected chi connectivity index (χ3v) is 14.5. The Kier molecular flexibility index (Phi) is 15.7. The number of thioether (sulfide) groups is 1. The molecule has 16 heteroatoms. The Balaban J connectivity index is 0.899. The van der Waals surface area contributed by atoms with Gasteiger partial charge in [0.15, 0.2) is 0 Å². The Morgan fingerprint density at radius 2 is 1.47 bits per heavy atom. The molecule has 0 saturated carbocycles. The number of hydrogen-bond donors (Lipinski definition) is 4. The molecule has 2 unspecified atom stereocenters. The van der Waals surface area contributed by atoms with Gasteiger partial charge in [-0.1, -0.05) is 36.4 Å². The molecule has 3 aliphatic rings. The van der Waals surface area contributed by atoms with E-state index in [0.29, 0.717) is 24.9 Å². The third kappa shape index (κ3) is 12.1. The first kappa shape index (κ1) is 47.5. The summed E-state index contributed by atoms with van der Waals surface area (Å²) in [6, 6.07) is 31.9. The number of carbonyl (C=O) groups excluding carboxylic acids is 1. The molecule has 5 aromatic rings. The predicted molar refractivity (Wildman–Crippen MR) is 263 cm³/mol. The highest BCUT2D eigenvalue weighted by Gasteiger charge is 2.35. The normalized spacial score (nSPS) is 18.6. The molecule has 66 heavy (non-hydrogen) atoms. The van der Waals surface area contributed by atoms with Crippen molar-refractivity contribution < 1.29 is 22.4 Å². The lowest BCUT2D eigenvalue weighted by Gasteiger charge is -2.37. The van der Waals surface area contributed by atoms with Gasteiger partial charge in [-0.3, -0.25) is 9.52 Å². The summed E-state index contributed by atoms with van der Waals surface area (Å²) in [5.74, 6) is -0.423. The first-order valence-electron chi connectivity index (χ1n) is 22.7. The minimum absolute atomic E-state index is 0.0480. The molecule has 2 fully saturated rings. The number of likely N-dealkylation sites (N-methyl/N-ethyl adjacent to an activating group) is 1. The van der Waals surface area contributed by atoms with E-state index in [4.69, 9.17) is 0 Å². The van der Waals surface area contributed by atoms with Crippen LogP contribution in [0.4, 0.5) is 34.6 Å². The van der Waals surface area contributed by atoms with Crippen LogP contribution in [0.3, 0.4) is 0 Å². The average Bonchev–Trinajstić information content (AvgIpc) is 3.59. The summed E-state index contributed by atoms with van der Waals surface area (Å²) in [7, 11) is 4.12. The molecule has 1 amide bonds. The molecule has 10 nitrogen and oxygen atoms in total. The number of hydrogen-bond acceptors (Lipinski definition) is 10. The van der Waals surface area contributed by atoms with Crippen molar-refractivity contribution in [1.82, 2.24) is 29.8 Å². The van der Waals surface area contributed by atoms with Gasteiger partial charge in [0, 0.05) is 116 Å². The van der Waals surface area contributed by atoms with Crippen LogP contribution in [0.5, 0.6) is 0 Å². The van der Waals surface area contributed by atoms with Crippen LogP contribution in [0.25, 0.3) is 22.4 Å². The summed E-state index contributed by atoms with van der Waals surface area (Å²) in [5.41, 5.74) is 9.99. The van der Waals surface area contributed by atoms with Gasteiger partial charge in [0.2, 0.25) is 0 Å². The van der Waals surface area contributed by atoms with E-state index < -0.39 is 11.6 Å². The molecule has 2 saturated heterocycles. The quantitative estimate of drug-likeness (QED) is 0.0333. The average molecular weight is 942 g/mol. The summed E-state index contributed by atoms with van der Waals surface area (Å²) in [6.45, 7) is 10.9. The van der Waals surface area contributed by atoms with E-state index in [0.717, 1.165) is 115 Å². The fourth-order valence-electron chi connectivity index (χ4n) is 8.97. The number of piperazine rings is 2. The maximum atomic E-state index is 14.2. The van der Waals surface area contributed by atoms with Gasteiger partial charge in [-0.25, -0.2) is 9.82 Å². The van der Waals surface area contributed by atoms with Gasteiger partial charge in [0.1, 0.15) is 5.82 Å². The molecule has 0 radical (unpaired) electrons. The Labute approximate surface area is 394 Å². The third-order valence-electron chi connectivity index (χ3n) is 12.7. The topological polar surface area (TPSA) is 83.1 Å². The fourth-order valence-corrected chi connectivity index (χ4v) is 10.7. The van der Waals surface area contributed by atoms with Crippen molar-refractivity contribution in [2.24, 2.45) is 7.05 Å². The number of aromatic nitrogens is 1. The zero-order valence-electron chi connectivity index (χ0n) is 37.7. The van der Waals surface area contributed by atoms with Crippen molar-refractivity contribution in [3.8, 4) is 22.4 Å². The largest absolute Gasteiger partial charge is 0.446 e. The van der Waals surface area contributed by atoms with E-state index in [2.05, 4.69) is 77.9 Å². The molecule has 4 N–H and O–H groups in total. The van der Waals surface area contributed by atoms with Gasteiger partial charge in [-0.05, 0) is 147 Å². The van der Waals surface area contributed by atoms with E-state index in [1.165, 1.54) is 24.1 Å². The Bertz CT molecular complexity index is 2420. The Hall–Kier alpha value is -4.97. The van der Waals surface area contributed by atoms with E-state index in [1.54, 1.807) is 18.2 Å². The van der Waals surface area contributed by atoms with E-state index in [-0.39, 0.29) is 34.4 Å². The molecule has 2 aliphatic heterocycles. The highest BCUT2D eigenvalue weighted by Crippen LogP contribution is 2.42.